The molecule has 0 spiro atoms. The van der Waals surface area contributed by atoms with Crippen LogP contribution < -0.4 is 5.56 Å². The molecule has 0 aliphatic heterocycles. The summed E-state index contributed by atoms with van der Waals surface area (Å²) in [6.45, 7) is 0. The second kappa shape index (κ2) is 5.96. The van der Waals surface area contributed by atoms with Crippen LogP contribution in [0, 0.1) is 0 Å². The van der Waals surface area contributed by atoms with Crippen molar-refractivity contribution in [3.05, 3.63) is 53.3 Å². The summed E-state index contributed by atoms with van der Waals surface area (Å²) < 4.78 is 0. The third kappa shape index (κ3) is 2.57. The number of aromatic nitrogens is 1. The van der Waals surface area contributed by atoms with Crippen LogP contribution in [-0.4, -0.2) is 11.3 Å². The number of halogens is 5. The predicted molar refractivity (Wildman–Crippen MR) is 82.9 cm³/mol. The van der Waals surface area contributed by atoms with Gasteiger partial charge in [-0.2, -0.15) is 0 Å². The van der Waals surface area contributed by atoms with E-state index in [1.165, 1.54) is 12.1 Å². The Bertz CT molecular complexity index is 740. The molecule has 0 bridgehead atoms. The van der Waals surface area contributed by atoms with Crippen molar-refractivity contribution in [3.63, 3.8) is 0 Å². The van der Waals surface area contributed by atoms with Gasteiger partial charge in [0.25, 0.3) is 5.56 Å². The molecule has 0 fully saturated rings. The Morgan fingerprint density at radius 3 is 1.80 bits per heavy atom. The zero-order valence-electron chi connectivity index (χ0n) is 9.44. The van der Waals surface area contributed by atoms with E-state index in [0.717, 1.165) is 0 Å². The van der Waals surface area contributed by atoms with Gasteiger partial charge in [-0.3, -0.25) is 9.59 Å². The highest BCUT2D eigenvalue weighted by Crippen LogP contribution is 2.47. The van der Waals surface area contributed by atoms with Crippen LogP contribution in [0.25, 0.3) is 11.1 Å². The maximum absolute atomic E-state index is 12.0. The normalized spacial score (nSPS) is 10.7. The summed E-state index contributed by atoms with van der Waals surface area (Å²) in [5, 5.41) is 0.0204. The molecule has 0 aliphatic rings. The fourth-order valence-electron chi connectivity index (χ4n) is 1.60. The van der Waals surface area contributed by atoms with Crippen LogP contribution in [0.3, 0.4) is 0 Å². The zero-order valence-corrected chi connectivity index (χ0v) is 13.2. The molecular formula is C12H4Cl5NO2. The van der Waals surface area contributed by atoms with Crippen molar-refractivity contribution < 1.29 is 4.79 Å². The molecule has 20 heavy (non-hydrogen) atoms. The maximum atomic E-state index is 12.0. The van der Waals surface area contributed by atoms with Crippen molar-refractivity contribution in [2.45, 2.75) is 0 Å². The van der Waals surface area contributed by atoms with Crippen LogP contribution in [-0.2, 0) is 0 Å². The average molecular weight is 371 g/mol. The molecule has 2 aromatic rings. The standard InChI is InChI=1S/C12H4Cl5NO2/c13-7-6(8(14)10(16)11(17)9(7)15)5-2-1-4(3-19)18-12(5)20/h1-3H,(H,18,20). The first-order chi connectivity index (χ1) is 9.38. The quantitative estimate of drug-likeness (QED) is 0.452. The van der Waals surface area contributed by atoms with Crippen LogP contribution in [0.15, 0.2) is 16.9 Å². The van der Waals surface area contributed by atoms with E-state index in [0.29, 0.717) is 6.29 Å². The van der Waals surface area contributed by atoms with Crippen molar-refractivity contribution >= 4 is 64.3 Å². The number of carbonyl (C=O) groups excluding carboxylic acids is 1. The lowest BCUT2D eigenvalue weighted by atomic mass is 10.1. The number of hydrogen-bond acceptors (Lipinski definition) is 2. The van der Waals surface area contributed by atoms with Gasteiger partial charge in [-0.25, -0.2) is 0 Å². The molecule has 8 heteroatoms. The second-order valence-electron chi connectivity index (χ2n) is 3.72. The first kappa shape index (κ1) is 15.7. The lowest BCUT2D eigenvalue weighted by molar-refractivity contribution is 0.111. The van der Waals surface area contributed by atoms with Gasteiger partial charge in [0, 0.05) is 5.56 Å². The Morgan fingerprint density at radius 2 is 1.35 bits per heavy atom. The lowest BCUT2D eigenvalue weighted by Gasteiger charge is -2.12. The fourth-order valence-corrected chi connectivity index (χ4v) is 2.94. The number of hydrogen-bond donors (Lipinski definition) is 1. The summed E-state index contributed by atoms with van der Waals surface area (Å²) in [6, 6.07) is 2.81. The summed E-state index contributed by atoms with van der Waals surface area (Å²) in [6.07, 6.45) is 0.510. The van der Waals surface area contributed by atoms with Gasteiger partial charge in [0.2, 0.25) is 0 Å². The number of pyridine rings is 1. The molecule has 0 atom stereocenters. The topological polar surface area (TPSA) is 49.9 Å². The van der Waals surface area contributed by atoms with Crippen LogP contribution >= 0.6 is 58.0 Å². The Hall–Kier alpha value is -0.710. The summed E-state index contributed by atoms with van der Waals surface area (Å²) in [4.78, 5) is 24.9. The summed E-state index contributed by atoms with van der Waals surface area (Å²) in [5.74, 6) is 0. The molecule has 0 amide bonds. The van der Waals surface area contributed by atoms with Gasteiger partial charge in [0.15, 0.2) is 6.29 Å². The summed E-state index contributed by atoms with van der Waals surface area (Å²) in [7, 11) is 0. The van der Waals surface area contributed by atoms with Crippen molar-refractivity contribution in [1.82, 2.24) is 4.98 Å². The largest absolute Gasteiger partial charge is 0.319 e. The minimum atomic E-state index is -0.548. The van der Waals surface area contributed by atoms with Crippen LogP contribution in [0.1, 0.15) is 10.5 Å². The molecule has 0 saturated heterocycles. The maximum Gasteiger partial charge on any atom is 0.256 e. The third-order valence-electron chi connectivity index (χ3n) is 2.54. The monoisotopic (exact) mass is 369 g/mol. The Morgan fingerprint density at radius 1 is 0.850 bits per heavy atom. The summed E-state index contributed by atoms with van der Waals surface area (Å²) in [5.41, 5.74) is -0.137. The number of aldehydes is 1. The fraction of sp³-hybridized carbons (Fsp3) is 0. The molecule has 104 valence electrons. The predicted octanol–water partition coefficient (Wildman–Crippen LogP) is 5.12. The number of H-pyrrole nitrogens is 1. The minimum absolute atomic E-state index is 0.00315. The number of rotatable bonds is 2. The number of aromatic amines is 1. The van der Waals surface area contributed by atoms with Crippen LogP contribution in [0.5, 0.6) is 0 Å². The lowest BCUT2D eigenvalue weighted by Crippen LogP contribution is -2.11. The van der Waals surface area contributed by atoms with Crippen molar-refractivity contribution in [2.75, 3.05) is 0 Å². The molecule has 1 aromatic heterocycles. The molecule has 1 aromatic carbocycles. The Balaban J connectivity index is 2.83. The highest BCUT2D eigenvalue weighted by molar-refractivity contribution is 6.56. The highest BCUT2D eigenvalue weighted by Gasteiger charge is 2.22. The molecule has 0 unspecified atom stereocenters. The number of carbonyl (C=O) groups is 1. The molecule has 2 rings (SSSR count). The van der Waals surface area contributed by atoms with E-state index in [9.17, 15) is 9.59 Å². The first-order valence-electron chi connectivity index (χ1n) is 5.08. The molecule has 1 heterocycles. The number of nitrogens with one attached hydrogen (secondary N) is 1. The highest BCUT2D eigenvalue weighted by atomic mass is 35.5. The van der Waals surface area contributed by atoms with E-state index in [1.807, 2.05) is 0 Å². The smallest absolute Gasteiger partial charge is 0.256 e. The van der Waals surface area contributed by atoms with E-state index in [4.69, 9.17) is 58.0 Å². The van der Waals surface area contributed by atoms with E-state index >= 15 is 0 Å². The van der Waals surface area contributed by atoms with Gasteiger partial charge in [-0.05, 0) is 12.1 Å². The van der Waals surface area contributed by atoms with E-state index in [2.05, 4.69) is 4.98 Å². The molecule has 0 radical (unpaired) electrons. The van der Waals surface area contributed by atoms with E-state index in [1.54, 1.807) is 0 Å². The van der Waals surface area contributed by atoms with Crippen molar-refractivity contribution in [2.24, 2.45) is 0 Å². The Kier molecular flexibility index (Phi) is 4.67. The van der Waals surface area contributed by atoms with Gasteiger partial charge < -0.3 is 4.98 Å². The minimum Gasteiger partial charge on any atom is -0.319 e. The van der Waals surface area contributed by atoms with Crippen molar-refractivity contribution in [3.8, 4) is 11.1 Å². The summed E-state index contributed by atoms with van der Waals surface area (Å²) >= 11 is 29.9. The van der Waals surface area contributed by atoms with Gasteiger partial charge in [0.05, 0.1) is 36.4 Å². The third-order valence-corrected chi connectivity index (χ3v) is 4.81. The molecule has 3 nitrogen and oxygen atoms in total. The molecular weight excluding hydrogens is 367 g/mol. The van der Waals surface area contributed by atoms with Gasteiger partial charge in [-0.15, -0.1) is 0 Å². The van der Waals surface area contributed by atoms with Crippen molar-refractivity contribution in [1.29, 1.82) is 0 Å². The molecule has 1 N–H and O–H groups in total. The molecule has 0 saturated carbocycles. The van der Waals surface area contributed by atoms with Crippen LogP contribution in [0.4, 0.5) is 0 Å². The number of benzene rings is 1. The van der Waals surface area contributed by atoms with Gasteiger partial charge in [0.1, 0.15) is 0 Å². The second-order valence-corrected chi connectivity index (χ2v) is 5.61. The first-order valence-corrected chi connectivity index (χ1v) is 6.97. The van der Waals surface area contributed by atoms with E-state index < -0.39 is 5.56 Å². The van der Waals surface area contributed by atoms with E-state index in [-0.39, 0.29) is 41.9 Å². The SMILES string of the molecule is O=Cc1ccc(-c2c(Cl)c(Cl)c(Cl)c(Cl)c2Cl)c(=O)[nH]1. The average Bonchev–Trinajstić information content (AvgIpc) is 2.44. The zero-order chi connectivity index (χ0) is 15.0. The molecule has 0 aliphatic carbocycles. The van der Waals surface area contributed by atoms with Gasteiger partial charge >= 0.3 is 0 Å². The Labute approximate surface area is 138 Å². The van der Waals surface area contributed by atoms with Gasteiger partial charge in [-0.1, -0.05) is 58.0 Å². The van der Waals surface area contributed by atoms with Crippen LogP contribution in [0.2, 0.25) is 25.1 Å².